The van der Waals surface area contributed by atoms with Crippen LogP contribution in [0.15, 0.2) is 42.5 Å². The van der Waals surface area contributed by atoms with Gasteiger partial charge in [0.15, 0.2) is 5.78 Å². The molecule has 1 unspecified atom stereocenters. The predicted molar refractivity (Wildman–Crippen MR) is 108 cm³/mol. The normalized spacial score (nSPS) is 12.8. The molecule has 4 nitrogen and oxygen atoms in total. The molecule has 0 amide bonds. The Morgan fingerprint density at radius 1 is 1.12 bits per heavy atom. The van der Waals surface area contributed by atoms with Crippen LogP contribution in [-0.4, -0.2) is 13.2 Å². The Hall–Kier alpha value is -0.950. The highest BCUT2D eigenvalue weighted by Gasteiger charge is 2.37. The molecular weight excluding hydrogens is 455 g/mol. The van der Waals surface area contributed by atoms with Gasteiger partial charge in [-0.1, -0.05) is 12.1 Å². The lowest BCUT2D eigenvalue weighted by atomic mass is 10.1. The second kappa shape index (κ2) is 9.12. The van der Waals surface area contributed by atoms with Crippen molar-refractivity contribution < 1.29 is 18.0 Å². The molecule has 0 aliphatic rings. The van der Waals surface area contributed by atoms with E-state index in [0.29, 0.717) is 5.56 Å². The molecule has 1 atom stereocenters. The van der Waals surface area contributed by atoms with E-state index in [-0.39, 0.29) is 19.0 Å². The maximum Gasteiger partial charge on any atom is 0.357 e. The summed E-state index contributed by atoms with van der Waals surface area (Å²) in [5.41, 5.74) is 2.48. The third-order valence-corrected chi connectivity index (χ3v) is 6.57. The molecule has 0 aliphatic carbocycles. The summed E-state index contributed by atoms with van der Waals surface area (Å²) in [6, 6.07) is 11.8. The fourth-order valence-corrected chi connectivity index (χ4v) is 5.05. The summed E-state index contributed by atoms with van der Waals surface area (Å²) in [4.78, 5) is 0. The van der Waals surface area contributed by atoms with Crippen LogP contribution in [0.2, 0.25) is 0 Å². The van der Waals surface area contributed by atoms with Crippen molar-refractivity contribution in [2.75, 3.05) is 18.5 Å². The number of halogens is 2. The Morgan fingerprint density at radius 3 is 2.24 bits per heavy atom. The van der Waals surface area contributed by atoms with Gasteiger partial charge in [-0.2, -0.15) is 0 Å². The van der Waals surface area contributed by atoms with Gasteiger partial charge in [0.1, 0.15) is 5.82 Å². The Bertz CT molecular complexity index is 744. The molecule has 1 N–H and O–H groups in total. The van der Waals surface area contributed by atoms with E-state index in [1.54, 1.807) is 26.0 Å². The Labute approximate surface area is 161 Å². The second-order valence-corrected chi connectivity index (χ2v) is 8.79. The Kier molecular flexibility index (Phi) is 7.43. The van der Waals surface area contributed by atoms with Gasteiger partial charge in [-0.15, -0.1) is 0 Å². The summed E-state index contributed by atoms with van der Waals surface area (Å²) in [5, 5.41) is 3.28. The quantitative estimate of drug-likeness (QED) is 0.368. The third-order valence-electron chi connectivity index (χ3n) is 3.60. The van der Waals surface area contributed by atoms with Gasteiger partial charge < -0.3 is 14.4 Å². The summed E-state index contributed by atoms with van der Waals surface area (Å²) in [7, 11) is -3.50. The van der Waals surface area contributed by atoms with E-state index in [2.05, 4.69) is 27.9 Å². The first kappa shape index (κ1) is 20.4. The minimum atomic E-state index is -3.50. The molecule has 0 heterocycles. The molecule has 0 aliphatic heterocycles. The molecule has 136 valence electrons. The zero-order valence-corrected chi connectivity index (χ0v) is 17.5. The number of rotatable bonds is 8. The van der Waals surface area contributed by atoms with Crippen LogP contribution in [0, 0.1) is 16.3 Å². The van der Waals surface area contributed by atoms with Crippen LogP contribution in [0.3, 0.4) is 0 Å². The second-order valence-electron chi connectivity index (χ2n) is 5.43. The van der Waals surface area contributed by atoms with Gasteiger partial charge in [0, 0.05) is 9.26 Å². The number of anilines is 1. The maximum absolute atomic E-state index is 13.4. The van der Waals surface area contributed by atoms with Crippen molar-refractivity contribution in [2.45, 2.75) is 26.6 Å². The van der Waals surface area contributed by atoms with Crippen LogP contribution >= 0.6 is 30.2 Å². The number of hydrogen-bond donors (Lipinski definition) is 1. The van der Waals surface area contributed by atoms with Crippen LogP contribution in [0.1, 0.15) is 30.8 Å². The van der Waals surface area contributed by atoms with Crippen molar-refractivity contribution in [3.8, 4) is 0 Å². The number of aryl methyl sites for hydroxylation is 1. The topological polar surface area (TPSA) is 47.6 Å². The van der Waals surface area contributed by atoms with Crippen LogP contribution in [0.25, 0.3) is 0 Å². The van der Waals surface area contributed by atoms with Crippen LogP contribution in [0.5, 0.6) is 0 Å². The minimum Gasteiger partial charge on any atom is -0.368 e. The highest BCUT2D eigenvalue weighted by atomic mass is 127. The van der Waals surface area contributed by atoms with E-state index >= 15 is 0 Å². The van der Waals surface area contributed by atoms with Crippen molar-refractivity contribution >= 4 is 35.9 Å². The summed E-state index contributed by atoms with van der Waals surface area (Å²) in [6.45, 7) is 6.01. The van der Waals surface area contributed by atoms with Crippen molar-refractivity contribution in [3.05, 3.63) is 63.0 Å². The SMILES string of the molecule is CCOP(=O)(OCC)C(Nc1ccc(I)cc1C)c1ccc(F)cc1. The molecule has 0 spiro atoms. The molecule has 2 aromatic carbocycles. The summed E-state index contributed by atoms with van der Waals surface area (Å²) < 4.78 is 38.9. The van der Waals surface area contributed by atoms with Crippen molar-refractivity contribution in [1.82, 2.24) is 0 Å². The van der Waals surface area contributed by atoms with E-state index in [1.165, 1.54) is 12.1 Å². The van der Waals surface area contributed by atoms with E-state index in [0.717, 1.165) is 14.8 Å². The van der Waals surface area contributed by atoms with Gasteiger partial charge in [-0.25, -0.2) is 4.39 Å². The zero-order valence-electron chi connectivity index (χ0n) is 14.5. The first-order chi connectivity index (χ1) is 11.9. The Morgan fingerprint density at radius 2 is 1.72 bits per heavy atom. The first-order valence-corrected chi connectivity index (χ1v) is 10.8. The summed E-state index contributed by atoms with van der Waals surface area (Å²) in [5.74, 6) is -1.08. The monoisotopic (exact) mass is 477 g/mol. The highest BCUT2D eigenvalue weighted by Crippen LogP contribution is 2.60. The summed E-state index contributed by atoms with van der Waals surface area (Å²) in [6.07, 6.45) is 0. The molecule has 7 heteroatoms. The molecule has 2 aromatic rings. The van der Waals surface area contributed by atoms with E-state index in [1.807, 2.05) is 25.1 Å². The molecule has 0 aromatic heterocycles. The van der Waals surface area contributed by atoms with Crippen molar-refractivity contribution in [1.29, 1.82) is 0 Å². The fraction of sp³-hybridized carbons (Fsp3) is 0.333. The van der Waals surface area contributed by atoms with Gasteiger partial charge >= 0.3 is 7.60 Å². The van der Waals surface area contributed by atoms with E-state index in [4.69, 9.17) is 9.05 Å². The van der Waals surface area contributed by atoms with Crippen molar-refractivity contribution in [3.63, 3.8) is 0 Å². The molecule has 0 bridgehead atoms. The van der Waals surface area contributed by atoms with Gasteiger partial charge in [-0.05, 0) is 84.8 Å². The van der Waals surface area contributed by atoms with Crippen molar-refractivity contribution in [2.24, 2.45) is 0 Å². The van der Waals surface area contributed by atoms with Gasteiger partial charge in [0.2, 0.25) is 0 Å². The smallest absolute Gasteiger partial charge is 0.357 e. The third kappa shape index (κ3) is 5.26. The molecular formula is C18H22FINO3P. The summed E-state index contributed by atoms with van der Waals surface area (Å²) >= 11 is 2.24. The zero-order chi connectivity index (χ0) is 18.4. The van der Waals surface area contributed by atoms with E-state index in [9.17, 15) is 8.96 Å². The standard InChI is InChI=1S/C18H22FINO3P/c1-4-23-25(22,24-5-2)18(14-6-8-15(19)9-7-14)21-17-11-10-16(20)12-13(17)3/h6-12,18,21H,4-5H2,1-3H3. The largest absolute Gasteiger partial charge is 0.368 e. The molecule has 0 saturated heterocycles. The van der Waals surface area contributed by atoms with Crippen LogP contribution in [-0.2, 0) is 13.6 Å². The molecule has 0 fully saturated rings. The molecule has 0 saturated carbocycles. The first-order valence-electron chi connectivity index (χ1n) is 8.06. The molecule has 25 heavy (non-hydrogen) atoms. The molecule has 2 rings (SSSR count). The van der Waals surface area contributed by atoms with Crippen LogP contribution in [0.4, 0.5) is 10.1 Å². The average Bonchev–Trinajstić information content (AvgIpc) is 2.55. The number of hydrogen-bond acceptors (Lipinski definition) is 4. The lowest BCUT2D eigenvalue weighted by molar-refractivity contribution is 0.214. The Balaban J connectivity index is 2.47. The van der Waals surface area contributed by atoms with Crippen LogP contribution < -0.4 is 5.32 Å². The lowest BCUT2D eigenvalue weighted by Gasteiger charge is -2.28. The van der Waals surface area contributed by atoms with Gasteiger partial charge in [-0.3, -0.25) is 4.57 Å². The maximum atomic E-state index is 13.4. The van der Waals surface area contributed by atoms with Gasteiger partial charge in [0.25, 0.3) is 0 Å². The van der Waals surface area contributed by atoms with Gasteiger partial charge in [0.05, 0.1) is 13.2 Å². The lowest BCUT2D eigenvalue weighted by Crippen LogP contribution is -2.16. The fourth-order valence-electron chi connectivity index (χ4n) is 2.47. The number of nitrogens with one attached hydrogen (secondary N) is 1. The predicted octanol–water partition coefficient (Wildman–Crippen LogP) is 6.12. The highest BCUT2D eigenvalue weighted by molar-refractivity contribution is 14.1. The minimum absolute atomic E-state index is 0.252. The molecule has 0 radical (unpaired) electrons. The number of benzene rings is 2. The average molecular weight is 477 g/mol. The van der Waals surface area contributed by atoms with E-state index < -0.39 is 13.4 Å².